The SMILES string of the molecule is CC(C)(C)OC(=O)NCC(F)(F)CNCC1CCCNC1. The van der Waals surface area contributed by atoms with Crippen LogP contribution in [0, 0.1) is 5.92 Å². The maximum absolute atomic E-state index is 13.6. The van der Waals surface area contributed by atoms with Crippen LogP contribution in [0.2, 0.25) is 0 Å². The minimum Gasteiger partial charge on any atom is -0.444 e. The fourth-order valence-electron chi connectivity index (χ4n) is 2.14. The molecule has 1 aliphatic rings. The van der Waals surface area contributed by atoms with E-state index in [0.29, 0.717) is 12.5 Å². The van der Waals surface area contributed by atoms with Crippen molar-refractivity contribution in [1.82, 2.24) is 16.0 Å². The molecule has 124 valence electrons. The molecule has 0 bridgehead atoms. The summed E-state index contributed by atoms with van der Waals surface area (Å²) in [6.07, 6.45) is 1.32. The van der Waals surface area contributed by atoms with E-state index in [9.17, 15) is 13.6 Å². The summed E-state index contributed by atoms with van der Waals surface area (Å²) in [5.74, 6) is -2.59. The van der Waals surface area contributed by atoms with E-state index in [2.05, 4.69) is 16.0 Å². The first kappa shape index (κ1) is 18.1. The molecule has 5 nitrogen and oxygen atoms in total. The molecule has 0 aromatic heterocycles. The van der Waals surface area contributed by atoms with Crippen LogP contribution in [-0.2, 0) is 4.74 Å². The van der Waals surface area contributed by atoms with E-state index >= 15 is 0 Å². The first-order valence-corrected chi connectivity index (χ1v) is 7.44. The summed E-state index contributed by atoms with van der Waals surface area (Å²) in [7, 11) is 0. The number of carbonyl (C=O) groups is 1. The van der Waals surface area contributed by atoms with Crippen molar-refractivity contribution in [3.63, 3.8) is 0 Å². The van der Waals surface area contributed by atoms with Gasteiger partial charge in [-0.05, 0) is 59.2 Å². The Kier molecular flexibility index (Phi) is 6.80. The Morgan fingerprint density at radius 2 is 2.05 bits per heavy atom. The highest BCUT2D eigenvalue weighted by Gasteiger charge is 2.30. The van der Waals surface area contributed by atoms with Crippen LogP contribution in [0.25, 0.3) is 0 Å². The number of hydrogen-bond acceptors (Lipinski definition) is 4. The lowest BCUT2D eigenvalue weighted by Gasteiger charge is -2.25. The van der Waals surface area contributed by atoms with Gasteiger partial charge >= 0.3 is 6.09 Å². The highest BCUT2D eigenvalue weighted by molar-refractivity contribution is 5.67. The average molecular weight is 307 g/mol. The Hall–Kier alpha value is -0.950. The number of carbonyl (C=O) groups excluding carboxylic acids is 1. The van der Waals surface area contributed by atoms with Crippen LogP contribution in [0.15, 0.2) is 0 Å². The fraction of sp³-hybridized carbons (Fsp3) is 0.929. The standard InChI is InChI=1S/C14H27F2N3O2/c1-13(2,3)21-12(20)19-10-14(15,16)9-18-8-11-5-4-6-17-7-11/h11,17-18H,4-10H2,1-3H3,(H,19,20). The van der Waals surface area contributed by atoms with Gasteiger partial charge in [-0.1, -0.05) is 0 Å². The molecule has 1 unspecified atom stereocenters. The molecule has 1 amide bonds. The summed E-state index contributed by atoms with van der Waals surface area (Å²) < 4.78 is 32.2. The van der Waals surface area contributed by atoms with Gasteiger partial charge in [-0.2, -0.15) is 0 Å². The maximum Gasteiger partial charge on any atom is 0.407 e. The van der Waals surface area contributed by atoms with Crippen molar-refractivity contribution >= 4 is 6.09 Å². The zero-order chi connectivity index (χ0) is 15.9. The van der Waals surface area contributed by atoms with E-state index in [-0.39, 0.29) is 0 Å². The first-order chi connectivity index (χ1) is 9.68. The third-order valence-corrected chi connectivity index (χ3v) is 3.11. The fourth-order valence-corrected chi connectivity index (χ4v) is 2.14. The smallest absolute Gasteiger partial charge is 0.407 e. The molecular weight excluding hydrogens is 280 g/mol. The van der Waals surface area contributed by atoms with Crippen LogP contribution in [0.5, 0.6) is 0 Å². The van der Waals surface area contributed by atoms with E-state index in [1.165, 1.54) is 0 Å². The van der Waals surface area contributed by atoms with Gasteiger partial charge in [0.15, 0.2) is 0 Å². The topological polar surface area (TPSA) is 62.4 Å². The van der Waals surface area contributed by atoms with Crippen molar-refractivity contribution < 1.29 is 18.3 Å². The molecule has 0 saturated carbocycles. The second-order valence-corrected chi connectivity index (χ2v) is 6.55. The average Bonchev–Trinajstić information content (AvgIpc) is 2.36. The molecule has 3 N–H and O–H groups in total. The van der Waals surface area contributed by atoms with Crippen molar-refractivity contribution in [3.05, 3.63) is 0 Å². The number of alkyl halides is 2. The number of amides is 1. The molecule has 1 rings (SSSR count). The Labute approximate surface area is 125 Å². The van der Waals surface area contributed by atoms with Gasteiger partial charge in [0.25, 0.3) is 5.92 Å². The number of alkyl carbamates (subject to hydrolysis) is 1. The van der Waals surface area contributed by atoms with Crippen molar-refractivity contribution in [2.45, 2.75) is 45.1 Å². The Bertz CT molecular complexity index is 327. The first-order valence-electron chi connectivity index (χ1n) is 7.44. The van der Waals surface area contributed by atoms with Crippen LogP contribution < -0.4 is 16.0 Å². The Balaban J connectivity index is 2.18. The van der Waals surface area contributed by atoms with Crippen molar-refractivity contribution in [1.29, 1.82) is 0 Å². The van der Waals surface area contributed by atoms with Gasteiger partial charge in [-0.25, -0.2) is 13.6 Å². The molecule has 1 atom stereocenters. The second-order valence-electron chi connectivity index (χ2n) is 6.55. The maximum atomic E-state index is 13.6. The molecule has 1 aliphatic heterocycles. The second kappa shape index (κ2) is 7.89. The van der Waals surface area contributed by atoms with E-state index in [1.54, 1.807) is 20.8 Å². The molecule has 0 radical (unpaired) electrons. The molecule has 0 aromatic carbocycles. The summed E-state index contributed by atoms with van der Waals surface area (Å²) in [5, 5.41) is 8.13. The lowest BCUT2D eigenvalue weighted by Crippen LogP contribution is -2.46. The largest absolute Gasteiger partial charge is 0.444 e. The molecule has 0 spiro atoms. The molecule has 1 saturated heterocycles. The Morgan fingerprint density at radius 1 is 1.33 bits per heavy atom. The van der Waals surface area contributed by atoms with Gasteiger partial charge in [-0.3, -0.25) is 0 Å². The molecule has 21 heavy (non-hydrogen) atoms. The predicted molar refractivity (Wildman–Crippen MR) is 77.6 cm³/mol. The summed E-state index contributed by atoms with van der Waals surface area (Å²) in [6, 6.07) is 0. The zero-order valence-electron chi connectivity index (χ0n) is 13.1. The summed E-state index contributed by atoms with van der Waals surface area (Å²) in [6.45, 7) is 6.33. The molecule has 7 heteroatoms. The monoisotopic (exact) mass is 307 g/mol. The van der Waals surface area contributed by atoms with E-state index in [4.69, 9.17) is 4.74 Å². The van der Waals surface area contributed by atoms with Gasteiger partial charge in [-0.15, -0.1) is 0 Å². The summed E-state index contributed by atoms with van der Waals surface area (Å²) in [5.41, 5.74) is -0.689. The molecule has 1 fully saturated rings. The minimum absolute atomic E-state index is 0.397. The molecular formula is C14H27F2N3O2. The van der Waals surface area contributed by atoms with E-state index in [0.717, 1.165) is 25.9 Å². The van der Waals surface area contributed by atoms with Gasteiger partial charge in [0.2, 0.25) is 0 Å². The summed E-state index contributed by atoms with van der Waals surface area (Å²) in [4.78, 5) is 11.3. The number of piperidine rings is 1. The summed E-state index contributed by atoms with van der Waals surface area (Å²) >= 11 is 0. The third-order valence-electron chi connectivity index (χ3n) is 3.11. The zero-order valence-corrected chi connectivity index (χ0v) is 13.1. The molecule has 0 aliphatic carbocycles. The van der Waals surface area contributed by atoms with Gasteiger partial charge < -0.3 is 20.7 Å². The van der Waals surface area contributed by atoms with Crippen LogP contribution in [-0.4, -0.2) is 50.3 Å². The molecule has 1 heterocycles. The molecule has 0 aromatic rings. The van der Waals surface area contributed by atoms with Gasteiger partial charge in [0, 0.05) is 0 Å². The van der Waals surface area contributed by atoms with Crippen LogP contribution in [0.3, 0.4) is 0 Å². The lowest BCUT2D eigenvalue weighted by molar-refractivity contribution is -0.00420. The number of nitrogens with one attached hydrogen (secondary N) is 3. The third kappa shape index (κ3) is 8.83. The van der Waals surface area contributed by atoms with Crippen LogP contribution >= 0.6 is 0 Å². The normalized spacial score (nSPS) is 20.1. The van der Waals surface area contributed by atoms with Crippen LogP contribution in [0.1, 0.15) is 33.6 Å². The minimum atomic E-state index is -2.99. The lowest BCUT2D eigenvalue weighted by atomic mass is 10.00. The van der Waals surface area contributed by atoms with Crippen molar-refractivity contribution in [2.24, 2.45) is 5.92 Å². The Morgan fingerprint density at radius 3 is 2.62 bits per heavy atom. The quantitative estimate of drug-likeness (QED) is 0.699. The number of rotatable bonds is 6. The highest BCUT2D eigenvalue weighted by atomic mass is 19.3. The predicted octanol–water partition coefficient (Wildman–Crippen LogP) is 1.74. The van der Waals surface area contributed by atoms with Crippen molar-refractivity contribution in [2.75, 3.05) is 32.7 Å². The number of hydrogen-bond donors (Lipinski definition) is 3. The number of ether oxygens (including phenoxy) is 1. The highest BCUT2D eigenvalue weighted by Crippen LogP contribution is 2.13. The van der Waals surface area contributed by atoms with Crippen LogP contribution in [0.4, 0.5) is 13.6 Å². The van der Waals surface area contributed by atoms with Gasteiger partial charge in [0.1, 0.15) is 5.60 Å². The number of halogens is 2. The van der Waals surface area contributed by atoms with E-state index < -0.39 is 30.7 Å². The van der Waals surface area contributed by atoms with E-state index in [1.807, 2.05) is 0 Å². The van der Waals surface area contributed by atoms with Crippen molar-refractivity contribution in [3.8, 4) is 0 Å². The van der Waals surface area contributed by atoms with Gasteiger partial charge in [0.05, 0.1) is 13.1 Å².